The van der Waals surface area contributed by atoms with Crippen molar-refractivity contribution in [2.75, 3.05) is 47.6 Å². The monoisotopic (exact) mass is 787 g/mol. The Labute approximate surface area is 336 Å². The molecule has 0 aromatic heterocycles. The normalized spacial score (nSPS) is 24.2. The number of ether oxygens (including phenoxy) is 1. The second kappa shape index (κ2) is 15.5. The zero-order chi connectivity index (χ0) is 40.0. The van der Waals surface area contributed by atoms with Crippen LogP contribution in [0.5, 0.6) is 0 Å². The van der Waals surface area contributed by atoms with Crippen LogP contribution in [0.1, 0.15) is 42.9 Å². The summed E-state index contributed by atoms with van der Waals surface area (Å²) in [6, 6.07) is 35.4. The number of para-hydroxylation sites is 2. The Balaban J connectivity index is 1.08. The van der Waals surface area contributed by atoms with Gasteiger partial charge in [0, 0.05) is 41.5 Å². The molecule has 11 nitrogen and oxygen atoms in total. The van der Waals surface area contributed by atoms with Gasteiger partial charge in [0.15, 0.2) is 13.9 Å². The highest BCUT2D eigenvalue weighted by Gasteiger charge is 2.66. The maximum Gasteiger partial charge on any atom is 0.264 e. The Morgan fingerprint density at radius 3 is 2.23 bits per heavy atom. The van der Waals surface area contributed by atoms with Crippen molar-refractivity contribution in [3.05, 3.63) is 126 Å². The van der Waals surface area contributed by atoms with Crippen LogP contribution in [-0.2, 0) is 37.8 Å². The zero-order valence-electron chi connectivity index (χ0n) is 33.0. The lowest BCUT2D eigenvalue weighted by molar-refractivity contribution is -0.150. The van der Waals surface area contributed by atoms with E-state index in [0.717, 1.165) is 46.8 Å². The molecule has 3 fully saturated rings. The lowest BCUT2D eigenvalue weighted by Crippen LogP contribution is -2.55. The summed E-state index contributed by atoms with van der Waals surface area (Å²) in [5.74, 6) is -0.771. The summed E-state index contributed by atoms with van der Waals surface area (Å²) < 4.78 is 6.96. The number of anilines is 3. The van der Waals surface area contributed by atoms with Crippen molar-refractivity contribution in [3.63, 3.8) is 0 Å². The number of nitrogens with zero attached hydrogens (tertiary/aromatic N) is 4. The third-order valence-corrected chi connectivity index (χ3v) is 15.2. The van der Waals surface area contributed by atoms with E-state index in [1.54, 1.807) is 9.80 Å². The number of piperidine rings is 1. The van der Waals surface area contributed by atoms with E-state index >= 15 is 4.79 Å². The van der Waals surface area contributed by atoms with Gasteiger partial charge in [-0.25, -0.2) is 0 Å². The van der Waals surface area contributed by atoms with Crippen LogP contribution in [0.3, 0.4) is 0 Å². The SMILES string of the molecule is C[C@H]1[C@H]([Si](C)(C)O)[C@@H](CC(=O)N(CCO)Cc2ccccc2)O[C@]12C(=O)N(Cc1cccc(N3CN(c4ccccc4)C4(CCNCC4)C3=O)c1)c1ccccc12. The third kappa shape index (κ3) is 6.87. The van der Waals surface area contributed by atoms with E-state index in [-0.39, 0.29) is 43.8 Å². The van der Waals surface area contributed by atoms with Crippen LogP contribution in [0.15, 0.2) is 109 Å². The second-order valence-corrected chi connectivity index (χ2v) is 20.6. The third-order valence-electron chi connectivity index (χ3n) is 12.7. The molecule has 3 N–H and O–H groups in total. The van der Waals surface area contributed by atoms with Crippen LogP contribution in [0.2, 0.25) is 18.6 Å². The molecule has 0 aliphatic carbocycles. The van der Waals surface area contributed by atoms with Gasteiger partial charge < -0.3 is 34.7 Å². The maximum absolute atomic E-state index is 15.1. The fourth-order valence-electron chi connectivity index (χ4n) is 10.1. The van der Waals surface area contributed by atoms with Crippen molar-refractivity contribution in [2.45, 2.75) is 75.2 Å². The minimum absolute atomic E-state index is 0.0283. The van der Waals surface area contributed by atoms with Crippen LogP contribution in [0, 0.1) is 5.92 Å². The van der Waals surface area contributed by atoms with Crippen LogP contribution in [0.25, 0.3) is 0 Å². The molecule has 2 spiro atoms. The van der Waals surface area contributed by atoms with Crippen LogP contribution < -0.4 is 20.0 Å². The molecule has 8 rings (SSSR count). The smallest absolute Gasteiger partial charge is 0.264 e. The molecule has 4 aromatic rings. The first kappa shape index (κ1) is 39.0. The van der Waals surface area contributed by atoms with Gasteiger partial charge in [-0.1, -0.05) is 85.8 Å². The second-order valence-electron chi connectivity index (χ2n) is 16.6. The quantitative estimate of drug-likeness (QED) is 0.173. The van der Waals surface area contributed by atoms with Gasteiger partial charge in [0.25, 0.3) is 11.8 Å². The number of carbonyl (C=O) groups is 3. The molecular weight excluding hydrogens is 735 g/mol. The molecule has 12 heteroatoms. The highest BCUT2D eigenvalue weighted by atomic mass is 28.4. The Bertz CT molecular complexity index is 2110. The summed E-state index contributed by atoms with van der Waals surface area (Å²) in [7, 11) is -3.02. The van der Waals surface area contributed by atoms with Crippen molar-refractivity contribution >= 4 is 43.1 Å². The predicted molar refractivity (Wildman–Crippen MR) is 223 cm³/mol. The molecule has 4 aliphatic rings. The van der Waals surface area contributed by atoms with E-state index in [9.17, 15) is 19.5 Å². The van der Waals surface area contributed by atoms with E-state index in [4.69, 9.17) is 4.74 Å². The molecule has 3 saturated heterocycles. The summed E-state index contributed by atoms with van der Waals surface area (Å²) >= 11 is 0. The number of nitrogens with one attached hydrogen (secondary N) is 1. The van der Waals surface area contributed by atoms with Gasteiger partial charge >= 0.3 is 0 Å². The van der Waals surface area contributed by atoms with Gasteiger partial charge in [0.1, 0.15) is 5.54 Å². The molecule has 0 radical (unpaired) electrons. The van der Waals surface area contributed by atoms with Crippen molar-refractivity contribution < 1.29 is 29.0 Å². The maximum atomic E-state index is 15.1. The summed E-state index contributed by atoms with van der Waals surface area (Å²) in [6.45, 7) is 8.18. The minimum Gasteiger partial charge on any atom is -0.432 e. The minimum atomic E-state index is -3.02. The fraction of sp³-hybridized carbons (Fsp3) is 0.400. The Kier molecular flexibility index (Phi) is 10.6. The first-order chi connectivity index (χ1) is 27.5. The molecule has 4 heterocycles. The number of hydrogen-bond acceptors (Lipinski definition) is 8. The van der Waals surface area contributed by atoms with Gasteiger partial charge in [-0.3, -0.25) is 19.3 Å². The summed E-state index contributed by atoms with van der Waals surface area (Å²) in [5, 5.41) is 13.3. The number of aliphatic hydroxyl groups excluding tert-OH is 1. The lowest BCUT2D eigenvalue weighted by Gasteiger charge is -2.39. The standard InChI is InChI=1S/C45H53N5O6Si/c1-32-41(57(2,3)55)39(28-40(52)47(25-26-51)29-33-13-6-4-7-14-33)56-45(32)37-19-10-11-20-38(37)48(43(45)54)30-34-15-12-18-36(27-34)49-31-50(35-16-8-5-9-17-35)44(42(49)53)21-23-46-24-22-44/h4-20,27,32,39,41,46,51,55H,21-26,28-31H2,1-3H3/t32-,39+,41-,45+/m0/s1. The molecule has 3 amide bonds. The molecule has 4 aliphatic heterocycles. The van der Waals surface area contributed by atoms with Gasteiger partial charge in [-0.15, -0.1) is 0 Å². The highest BCUT2D eigenvalue weighted by Crippen LogP contribution is 2.60. The molecule has 0 bridgehead atoms. The summed E-state index contributed by atoms with van der Waals surface area (Å²) in [6.07, 6.45) is 0.681. The Morgan fingerprint density at radius 2 is 1.53 bits per heavy atom. The molecule has 0 unspecified atom stereocenters. The summed E-state index contributed by atoms with van der Waals surface area (Å²) in [4.78, 5) is 62.9. The topological polar surface area (TPSA) is 126 Å². The van der Waals surface area contributed by atoms with Crippen molar-refractivity contribution in [2.24, 2.45) is 5.92 Å². The Morgan fingerprint density at radius 1 is 0.877 bits per heavy atom. The first-order valence-electron chi connectivity index (χ1n) is 20.2. The number of hydrogen-bond donors (Lipinski definition) is 3. The highest BCUT2D eigenvalue weighted by molar-refractivity contribution is 6.71. The number of carbonyl (C=O) groups excluding carboxylic acids is 3. The largest absolute Gasteiger partial charge is 0.432 e. The van der Waals surface area contributed by atoms with Crippen molar-refractivity contribution in [3.8, 4) is 0 Å². The number of rotatable bonds is 11. The summed E-state index contributed by atoms with van der Waals surface area (Å²) in [5.41, 5.74) is 2.61. The van der Waals surface area contributed by atoms with E-state index in [0.29, 0.717) is 26.1 Å². The van der Waals surface area contributed by atoms with Gasteiger partial charge in [-0.05, 0) is 80.5 Å². The van der Waals surface area contributed by atoms with Gasteiger partial charge in [0.2, 0.25) is 5.91 Å². The van der Waals surface area contributed by atoms with E-state index in [1.165, 1.54) is 0 Å². The molecule has 57 heavy (non-hydrogen) atoms. The molecule has 4 atom stereocenters. The number of aliphatic hydroxyl groups is 1. The molecule has 298 valence electrons. The van der Waals surface area contributed by atoms with E-state index in [2.05, 4.69) is 22.3 Å². The van der Waals surface area contributed by atoms with Crippen LogP contribution in [0.4, 0.5) is 17.1 Å². The Hall–Kier alpha value is -4.85. The van der Waals surface area contributed by atoms with Gasteiger partial charge in [0.05, 0.1) is 38.0 Å². The first-order valence-corrected chi connectivity index (χ1v) is 23.2. The van der Waals surface area contributed by atoms with E-state index in [1.807, 2.05) is 122 Å². The van der Waals surface area contributed by atoms with Gasteiger partial charge in [-0.2, -0.15) is 0 Å². The lowest BCUT2D eigenvalue weighted by atomic mass is 9.82. The van der Waals surface area contributed by atoms with Crippen molar-refractivity contribution in [1.29, 1.82) is 0 Å². The predicted octanol–water partition coefficient (Wildman–Crippen LogP) is 5.38. The average Bonchev–Trinajstić information content (AvgIpc) is 3.76. The molecular formula is C45H53N5O6Si. The van der Waals surface area contributed by atoms with Crippen LogP contribution in [-0.4, -0.2) is 85.4 Å². The molecule has 0 saturated carbocycles. The van der Waals surface area contributed by atoms with Crippen molar-refractivity contribution in [1.82, 2.24) is 10.2 Å². The van der Waals surface area contributed by atoms with Crippen LogP contribution >= 0.6 is 0 Å². The number of fused-ring (bicyclic) bond motifs is 2. The number of benzene rings is 4. The van der Waals surface area contributed by atoms with E-state index < -0.39 is 37.0 Å². The average molecular weight is 788 g/mol. The number of amides is 3. The fourth-order valence-corrected chi connectivity index (χ4v) is 12.6. The zero-order valence-corrected chi connectivity index (χ0v) is 34.0. The molecule has 4 aromatic carbocycles.